The number of nitrogens with one attached hydrogen (secondary N) is 2. The molecule has 6 heteroatoms. The van der Waals surface area contributed by atoms with Crippen LogP contribution in [0.1, 0.15) is 11.1 Å². The van der Waals surface area contributed by atoms with E-state index in [1.807, 2.05) is 48.5 Å². The molecule has 1 aromatic heterocycles. The highest BCUT2D eigenvalue weighted by molar-refractivity contribution is 5.68. The van der Waals surface area contributed by atoms with Gasteiger partial charge < -0.3 is 10.6 Å². The maximum atomic E-state index is 13.1. The molecule has 0 aliphatic rings. The van der Waals surface area contributed by atoms with Crippen molar-refractivity contribution in [2.75, 3.05) is 10.6 Å². The number of nitrogens with zero attached hydrogens (tertiary/aromatic N) is 3. The Balaban J connectivity index is 1.66. The fourth-order valence-corrected chi connectivity index (χ4v) is 2.96. The van der Waals surface area contributed by atoms with Crippen molar-refractivity contribution in [3.05, 3.63) is 102 Å². The molecule has 4 aromatic rings. The van der Waals surface area contributed by atoms with E-state index in [4.69, 9.17) is 0 Å². The maximum Gasteiger partial charge on any atom is 0.229 e. The van der Waals surface area contributed by atoms with Gasteiger partial charge in [0, 0.05) is 18.2 Å². The third-order valence-corrected chi connectivity index (χ3v) is 4.48. The molecule has 0 aliphatic heterocycles. The second-order valence-electron chi connectivity index (χ2n) is 6.59. The fraction of sp³-hybridized carbons (Fsp3) is 0.0417. The van der Waals surface area contributed by atoms with Crippen LogP contribution in [-0.4, -0.2) is 9.97 Å². The first-order chi connectivity index (χ1) is 14.7. The minimum absolute atomic E-state index is 0.269. The molecule has 0 bridgehead atoms. The molecule has 0 saturated heterocycles. The Morgan fingerprint density at radius 2 is 1.60 bits per heavy atom. The Bertz CT molecular complexity index is 1180. The molecular weight excluding hydrogens is 377 g/mol. The lowest BCUT2D eigenvalue weighted by Gasteiger charge is -2.12. The van der Waals surface area contributed by atoms with E-state index in [9.17, 15) is 9.65 Å². The summed E-state index contributed by atoms with van der Waals surface area (Å²) in [4.78, 5) is 9.17. The molecular formula is C24H18FN5. The predicted molar refractivity (Wildman–Crippen MR) is 116 cm³/mol. The van der Waals surface area contributed by atoms with Gasteiger partial charge in [0.25, 0.3) is 0 Å². The largest absolute Gasteiger partial charge is 0.366 e. The molecule has 1 heterocycles. The van der Waals surface area contributed by atoms with Gasteiger partial charge in [-0.05, 0) is 29.8 Å². The molecule has 146 valence electrons. The number of nitriles is 1. The first-order valence-corrected chi connectivity index (χ1v) is 9.40. The number of aromatic nitrogens is 2. The van der Waals surface area contributed by atoms with Crippen LogP contribution in [0.15, 0.2) is 84.9 Å². The Labute approximate surface area is 173 Å². The minimum Gasteiger partial charge on any atom is -0.366 e. The summed E-state index contributed by atoms with van der Waals surface area (Å²) in [5.41, 5.74) is 3.76. The van der Waals surface area contributed by atoms with E-state index in [1.54, 1.807) is 24.3 Å². The van der Waals surface area contributed by atoms with Crippen molar-refractivity contribution in [1.82, 2.24) is 9.97 Å². The number of hydrogen-bond acceptors (Lipinski definition) is 5. The topological polar surface area (TPSA) is 73.6 Å². The van der Waals surface area contributed by atoms with Crippen LogP contribution in [-0.2, 0) is 6.54 Å². The molecule has 0 radical (unpaired) electrons. The van der Waals surface area contributed by atoms with Crippen molar-refractivity contribution in [1.29, 1.82) is 5.26 Å². The third-order valence-electron chi connectivity index (χ3n) is 4.48. The smallest absolute Gasteiger partial charge is 0.229 e. The summed E-state index contributed by atoms with van der Waals surface area (Å²) >= 11 is 0. The fourth-order valence-electron chi connectivity index (χ4n) is 2.96. The lowest BCUT2D eigenvalue weighted by molar-refractivity contribution is 0.627. The van der Waals surface area contributed by atoms with E-state index in [0.717, 1.165) is 16.8 Å². The third kappa shape index (κ3) is 4.59. The zero-order chi connectivity index (χ0) is 20.8. The van der Waals surface area contributed by atoms with Crippen molar-refractivity contribution in [3.63, 3.8) is 0 Å². The zero-order valence-corrected chi connectivity index (χ0v) is 16.0. The molecule has 0 fully saturated rings. The molecule has 5 nitrogen and oxygen atoms in total. The van der Waals surface area contributed by atoms with Gasteiger partial charge in [0.1, 0.15) is 17.7 Å². The molecule has 0 unspecified atom stereocenters. The number of halogens is 1. The highest BCUT2D eigenvalue weighted by Crippen LogP contribution is 2.24. The van der Waals surface area contributed by atoms with Crippen LogP contribution in [0.2, 0.25) is 0 Å². The van der Waals surface area contributed by atoms with Gasteiger partial charge in [-0.25, -0.2) is 9.37 Å². The van der Waals surface area contributed by atoms with Crippen molar-refractivity contribution in [2.24, 2.45) is 0 Å². The molecule has 2 N–H and O–H groups in total. The lowest BCUT2D eigenvalue weighted by atomic mass is 10.1. The molecule has 0 aliphatic carbocycles. The first kappa shape index (κ1) is 19.1. The van der Waals surface area contributed by atoms with Crippen LogP contribution in [0, 0.1) is 17.1 Å². The van der Waals surface area contributed by atoms with E-state index in [2.05, 4.69) is 26.7 Å². The molecule has 0 atom stereocenters. The number of benzene rings is 3. The Morgan fingerprint density at radius 3 is 2.37 bits per heavy atom. The average Bonchev–Trinajstić information content (AvgIpc) is 2.79. The monoisotopic (exact) mass is 395 g/mol. The van der Waals surface area contributed by atoms with Crippen molar-refractivity contribution < 1.29 is 4.39 Å². The van der Waals surface area contributed by atoms with Gasteiger partial charge >= 0.3 is 0 Å². The average molecular weight is 395 g/mol. The maximum absolute atomic E-state index is 13.1. The minimum atomic E-state index is -0.269. The van der Waals surface area contributed by atoms with Gasteiger partial charge in [-0.3, -0.25) is 0 Å². The SMILES string of the molecule is N#Cc1ccccc1Nc1nc(NCc2ccc(F)cc2)cc(-c2ccccc2)n1. The molecule has 0 spiro atoms. The summed E-state index contributed by atoms with van der Waals surface area (Å²) in [6.45, 7) is 0.486. The van der Waals surface area contributed by atoms with Gasteiger partial charge in [0.15, 0.2) is 0 Å². The van der Waals surface area contributed by atoms with E-state index in [0.29, 0.717) is 29.6 Å². The summed E-state index contributed by atoms with van der Waals surface area (Å²) in [5, 5.41) is 15.8. The van der Waals surface area contributed by atoms with Crippen LogP contribution in [0.25, 0.3) is 11.3 Å². The number of anilines is 3. The molecule has 0 saturated carbocycles. The second kappa shape index (κ2) is 8.84. The van der Waals surface area contributed by atoms with Gasteiger partial charge in [-0.2, -0.15) is 10.2 Å². The zero-order valence-electron chi connectivity index (χ0n) is 16.0. The highest BCUT2D eigenvalue weighted by Gasteiger charge is 2.09. The second-order valence-corrected chi connectivity index (χ2v) is 6.59. The van der Waals surface area contributed by atoms with Crippen LogP contribution >= 0.6 is 0 Å². The molecule has 4 rings (SSSR count). The van der Waals surface area contributed by atoms with E-state index in [-0.39, 0.29) is 5.82 Å². The van der Waals surface area contributed by atoms with Crippen molar-refractivity contribution in [3.8, 4) is 17.3 Å². The Hall–Kier alpha value is -4.24. The van der Waals surface area contributed by atoms with E-state index >= 15 is 0 Å². The van der Waals surface area contributed by atoms with Gasteiger partial charge in [0.05, 0.1) is 16.9 Å². The van der Waals surface area contributed by atoms with Crippen LogP contribution in [0.5, 0.6) is 0 Å². The number of hydrogen-bond donors (Lipinski definition) is 2. The molecule has 30 heavy (non-hydrogen) atoms. The van der Waals surface area contributed by atoms with Crippen LogP contribution < -0.4 is 10.6 Å². The summed E-state index contributed by atoms with van der Waals surface area (Å²) in [6.07, 6.45) is 0. The van der Waals surface area contributed by atoms with Gasteiger partial charge in [-0.15, -0.1) is 0 Å². The van der Waals surface area contributed by atoms with Crippen LogP contribution in [0.4, 0.5) is 21.8 Å². The van der Waals surface area contributed by atoms with Gasteiger partial charge in [0.2, 0.25) is 5.95 Å². The highest BCUT2D eigenvalue weighted by atomic mass is 19.1. The number of para-hydroxylation sites is 1. The molecule has 3 aromatic carbocycles. The van der Waals surface area contributed by atoms with E-state index < -0.39 is 0 Å². The van der Waals surface area contributed by atoms with Crippen molar-refractivity contribution >= 4 is 17.5 Å². The predicted octanol–water partition coefficient (Wildman–Crippen LogP) is 5.51. The quantitative estimate of drug-likeness (QED) is 0.450. The standard InChI is InChI=1S/C24H18FN5/c25-20-12-10-17(11-13-20)16-27-23-14-22(18-6-2-1-3-7-18)29-24(30-23)28-21-9-5-4-8-19(21)15-26/h1-14H,16H2,(H2,27,28,29,30). The normalized spacial score (nSPS) is 10.3. The number of rotatable bonds is 6. The first-order valence-electron chi connectivity index (χ1n) is 9.40. The summed E-state index contributed by atoms with van der Waals surface area (Å²) in [7, 11) is 0. The Morgan fingerprint density at radius 1 is 0.867 bits per heavy atom. The summed E-state index contributed by atoms with van der Waals surface area (Å²) in [6, 6.07) is 27.3. The lowest BCUT2D eigenvalue weighted by Crippen LogP contribution is -2.06. The van der Waals surface area contributed by atoms with Crippen molar-refractivity contribution in [2.45, 2.75) is 6.54 Å². The van der Waals surface area contributed by atoms with Gasteiger partial charge in [-0.1, -0.05) is 54.6 Å². The molecule has 0 amide bonds. The summed E-state index contributed by atoms with van der Waals surface area (Å²) in [5.74, 6) is 0.723. The van der Waals surface area contributed by atoms with Crippen LogP contribution in [0.3, 0.4) is 0 Å². The Kier molecular flexibility index (Phi) is 5.63. The summed E-state index contributed by atoms with van der Waals surface area (Å²) < 4.78 is 13.1. The van der Waals surface area contributed by atoms with E-state index in [1.165, 1.54) is 12.1 Å².